The lowest BCUT2D eigenvalue weighted by Gasteiger charge is -2.33. The van der Waals surface area contributed by atoms with Gasteiger partial charge in [0.25, 0.3) is 5.91 Å². The Bertz CT molecular complexity index is 1170. The summed E-state index contributed by atoms with van der Waals surface area (Å²) in [5.74, 6) is -2.32. The van der Waals surface area contributed by atoms with Gasteiger partial charge in [0.05, 0.1) is 5.92 Å². The second-order valence-corrected chi connectivity index (χ2v) is 12.0. The van der Waals surface area contributed by atoms with Gasteiger partial charge in [-0.05, 0) is 30.7 Å². The minimum absolute atomic E-state index is 0.0431. The predicted octanol–water partition coefficient (Wildman–Crippen LogP) is 3.52. The number of carbonyl (C=O) groups is 4. The lowest BCUT2D eigenvalue weighted by molar-refractivity contribution is -0.148. The van der Waals surface area contributed by atoms with Crippen molar-refractivity contribution in [2.75, 3.05) is 7.05 Å². The number of nitrogens with zero attached hydrogens (tertiary/aromatic N) is 2. The molecule has 41 heavy (non-hydrogen) atoms. The van der Waals surface area contributed by atoms with E-state index in [9.17, 15) is 24.3 Å². The molecule has 224 valence electrons. The fourth-order valence-corrected chi connectivity index (χ4v) is 5.55. The van der Waals surface area contributed by atoms with Gasteiger partial charge >= 0.3 is 11.9 Å². The molecule has 0 bridgehead atoms. The lowest BCUT2D eigenvalue weighted by atomic mass is 9.92. The predicted molar refractivity (Wildman–Crippen MR) is 163 cm³/mol. The van der Waals surface area contributed by atoms with E-state index in [0.29, 0.717) is 24.3 Å². The van der Waals surface area contributed by atoms with Crippen LogP contribution in [-0.4, -0.2) is 65.7 Å². The first-order chi connectivity index (χ1) is 19.3. The van der Waals surface area contributed by atoms with Crippen LogP contribution in [0.2, 0.25) is 0 Å². The van der Waals surface area contributed by atoms with Gasteiger partial charge < -0.3 is 20.1 Å². The molecule has 0 aliphatic heterocycles. The lowest BCUT2D eigenvalue weighted by Crippen LogP contribution is -2.41. The topological polar surface area (TPSA) is 126 Å². The molecule has 1 aromatic heterocycles. The Hall–Kier alpha value is -3.21. The van der Waals surface area contributed by atoms with Crippen molar-refractivity contribution in [1.29, 1.82) is 0 Å². The largest absolute Gasteiger partial charge is 0.481 e. The van der Waals surface area contributed by atoms with Crippen molar-refractivity contribution in [3.63, 3.8) is 0 Å². The average Bonchev–Trinajstić information content (AvgIpc) is 3.40. The number of carbonyl (C=O) groups excluding carboxylic acids is 3. The number of benzene rings is 1. The molecule has 0 aliphatic rings. The van der Waals surface area contributed by atoms with Gasteiger partial charge in [-0.1, -0.05) is 63.8 Å². The minimum Gasteiger partial charge on any atom is -0.481 e. The van der Waals surface area contributed by atoms with E-state index in [1.807, 2.05) is 52.9 Å². The fourth-order valence-electron chi connectivity index (χ4n) is 4.71. The number of carboxylic acids is 1. The molecule has 0 saturated carbocycles. The highest BCUT2D eigenvalue weighted by atomic mass is 32.1. The Morgan fingerprint density at radius 1 is 1.12 bits per heavy atom. The summed E-state index contributed by atoms with van der Waals surface area (Å²) >= 11 is 1.22. The van der Waals surface area contributed by atoms with E-state index in [-0.39, 0.29) is 30.0 Å². The minimum atomic E-state index is -0.925. The van der Waals surface area contributed by atoms with Gasteiger partial charge in [0.2, 0.25) is 5.91 Å². The first kappa shape index (κ1) is 34.0. The van der Waals surface area contributed by atoms with E-state index in [1.54, 1.807) is 24.3 Å². The molecule has 0 spiro atoms. The number of nitrogens with one attached hydrogen (secondary N) is 1. The van der Waals surface area contributed by atoms with Crippen LogP contribution < -0.4 is 10.8 Å². The fraction of sp³-hybridized carbons (Fsp3) is 0.567. The molecule has 2 aromatic rings. The van der Waals surface area contributed by atoms with Gasteiger partial charge in [0.1, 0.15) is 18.5 Å². The number of carboxylic acid groups (broad SMARTS) is 1. The molecule has 0 aliphatic carbocycles. The number of thiazole rings is 1. The van der Waals surface area contributed by atoms with Crippen LogP contribution in [0.25, 0.3) is 0 Å². The molecule has 0 saturated heterocycles. The van der Waals surface area contributed by atoms with Gasteiger partial charge in [0.15, 0.2) is 6.10 Å². The zero-order chi connectivity index (χ0) is 30.7. The third kappa shape index (κ3) is 10.9. The molecule has 2 amide bonds. The van der Waals surface area contributed by atoms with Crippen molar-refractivity contribution in [3.05, 3.63) is 45.9 Å². The second-order valence-electron chi connectivity index (χ2n) is 11.2. The number of hydrogen-bond acceptors (Lipinski definition) is 7. The van der Waals surface area contributed by atoms with E-state index < -0.39 is 35.9 Å². The molecule has 2 N–H and O–H groups in total. The van der Waals surface area contributed by atoms with Crippen LogP contribution in [-0.2, 0) is 25.5 Å². The van der Waals surface area contributed by atoms with E-state index >= 15 is 0 Å². The van der Waals surface area contributed by atoms with Gasteiger partial charge in [-0.2, -0.15) is 0 Å². The van der Waals surface area contributed by atoms with Crippen LogP contribution in [0, 0.1) is 11.8 Å². The summed E-state index contributed by atoms with van der Waals surface area (Å²) in [6, 6.07) is 7.30. The maximum absolute atomic E-state index is 13.3. The highest BCUT2D eigenvalue weighted by molar-refractivity contribution is 7.09. The van der Waals surface area contributed by atoms with Crippen LogP contribution >= 0.6 is 11.3 Å². The maximum atomic E-state index is 13.3. The molecule has 2 unspecified atom stereocenters. The monoisotopic (exact) mass is 585 g/mol. The number of ether oxygens (including phenoxy) is 1. The van der Waals surface area contributed by atoms with Gasteiger partial charge in [-0.25, -0.2) is 4.98 Å². The number of unbranched alkanes of at least 4 members (excludes halogenated alkanes) is 1. The first-order valence-corrected chi connectivity index (χ1v) is 15.2. The average molecular weight is 586 g/mol. The molecule has 1 aromatic carbocycles. The quantitative estimate of drug-likeness (QED) is 0.228. The van der Waals surface area contributed by atoms with Gasteiger partial charge in [-0.15, -0.1) is 11.3 Å². The normalized spacial score (nSPS) is 14.1. The van der Waals surface area contributed by atoms with Crippen LogP contribution in [0.4, 0.5) is 0 Å². The zero-order valence-corrected chi connectivity index (χ0v) is 26.1. The third-order valence-corrected chi connectivity index (χ3v) is 8.13. The number of rotatable bonds is 16. The smallest absolute Gasteiger partial charge is 0.306 e. The van der Waals surface area contributed by atoms with Crippen LogP contribution in [0.3, 0.4) is 0 Å². The van der Waals surface area contributed by atoms with Crippen LogP contribution in [0.5, 0.6) is 0 Å². The summed E-state index contributed by atoms with van der Waals surface area (Å²) in [4.78, 5) is 55.8. The molecular formula is C30H44BN3O6S. The number of aliphatic carboxylic acids is 1. The molecule has 0 fully saturated rings. The summed E-state index contributed by atoms with van der Waals surface area (Å²) in [6.45, 7) is 9.03. The van der Waals surface area contributed by atoms with Crippen molar-refractivity contribution in [2.45, 2.75) is 91.3 Å². The Morgan fingerprint density at radius 2 is 1.78 bits per heavy atom. The first-order valence-electron chi connectivity index (χ1n) is 14.3. The van der Waals surface area contributed by atoms with E-state index in [1.165, 1.54) is 18.3 Å². The van der Waals surface area contributed by atoms with Crippen molar-refractivity contribution in [3.8, 4) is 0 Å². The zero-order valence-electron chi connectivity index (χ0n) is 25.3. The number of amides is 2. The standard InChI is InChI=1S/C30H44BN3O6S/c1-7-8-9-27(36)34(6)25(18(2)3)16-26(40-20(5)35)29-33-24(17-41-29)28(37)32-23(14-19(4)30(38)39)15-21-10-12-22(31)13-11-21/h10-13,17-19,23,25-26H,7-9,14-16,31H2,1-6H3,(H,32,37)(H,38,39)/t19-,23+,25?,26?/m0/s1. The molecule has 4 atom stereocenters. The third-order valence-electron chi connectivity index (χ3n) is 7.20. The summed E-state index contributed by atoms with van der Waals surface area (Å²) in [5.41, 5.74) is 2.28. The molecule has 11 heteroatoms. The van der Waals surface area contributed by atoms with Crippen molar-refractivity contribution < 1.29 is 29.0 Å². The molecule has 9 nitrogen and oxygen atoms in total. The highest BCUT2D eigenvalue weighted by Crippen LogP contribution is 2.30. The number of hydrogen-bond donors (Lipinski definition) is 2. The van der Waals surface area contributed by atoms with Crippen LogP contribution in [0.15, 0.2) is 29.6 Å². The number of aromatic nitrogens is 1. The molecule has 1 heterocycles. The van der Waals surface area contributed by atoms with E-state index in [2.05, 4.69) is 10.3 Å². The second kappa shape index (κ2) is 16.3. The van der Waals surface area contributed by atoms with Crippen LogP contribution in [0.1, 0.15) is 93.9 Å². The van der Waals surface area contributed by atoms with Crippen molar-refractivity contribution in [1.82, 2.24) is 15.2 Å². The Labute approximate surface area is 248 Å². The Morgan fingerprint density at radius 3 is 2.34 bits per heavy atom. The highest BCUT2D eigenvalue weighted by Gasteiger charge is 2.31. The SMILES string of the molecule is Bc1ccc(C[C@@H](C[C@H](C)C(=O)O)NC(=O)c2csc(C(CC(C(C)C)N(C)C(=O)CCCC)OC(C)=O)n2)cc1. The molecule has 2 rings (SSSR count). The summed E-state index contributed by atoms with van der Waals surface area (Å²) in [7, 11) is 3.77. The van der Waals surface area contributed by atoms with E-state index in [4.69, 9.17) is 4.74 Å². The van der Waals surface area contributed by atoms with E-state index in [0.717, 1.165) is 23.9 Å². The Kier molecular flexibility index (Phi) is 13.5. The molecular weight excluding hydrogens is 541 g/mol. The summed E-state index contributed by atoms with van der Waals surface area (Å²) in [5, 5.41) is 14.5. The van der Waals surface area contributed by atoms with Crippen molar-refractivity contribution >= 4 is 48.4 Å². The maximum Gasteiger partial charge on any atom is 0.306 e. The van der Waals surface area contributed by atoms with Gasteiger partial charge in [0, 0.05) is 44.3 Å². The summed E-state index contributed by atoms with van der Waals surface area (Å²) < 4.78 is 5.64. The Balaban J connectivity index is 2.24. The van der Waals surface area contributed by atoms with Gasteiger partial charge in [-0.3, -0.25) is 19.2 Å². The summed E-state index contributed by atoms with van der Waals surface area (Å²) in [6.07, 6.45) is 2.56. The van der Waals surface area contributed by atoms with Crippen molar-refractivity contribution in [2.24, 2.45) is 11.8 Å². The number of esters is 1. The molecule has 0 radical (unpaired) electrons.